The Morgan fingerprint density at radius 3 is 2.65 bits per heavy atom. The van der Waals surface area contributed by atoms with Gasteiger partial charge in [0.1, 0.15) is 0 Å². The Hall–Kier alpha value is -2.27. The highest BCUT2D eigenvalue weighted by molar-refractivity contribution is 7.99. The molecule has 10 heteroatoms. The van der Waals surface area contributed by atoms with Crippen molar-refractivity contribution in [3.05, 3.63) is 42.0 Å². The number of fused-ring (bicyclic) bond motifs is 2. The number of hydrogen-bond acceptors (Lipinski definition) is 7. The summed E-state index contributed by atoms with van der Waals surface area (Å²) >= 11 is 1.56. The van der Waals surface area contributed by atoms with Crippen molar-refractivity contribution in [1.82, 2.24) is 9.21 Å². The molecule has 2 aromatic rings. The molecule has 2 aromatic carbocycles. The minimum Gasteiger partial charge on any atom is -0.454 e. The predicted octanol–water partition coefficient (Wildman–Crippen LogP) is 2.36. The van der Waals surface area contributed by atoms with Gasteiger partial charge in [0.15, 0.2) is 11.5 Å². The zero-order chi connectivity index (χ0) is 21.4. The molecule has 1 N–H and O–H groups in total. The van der Waals surface area contributed by atoms with E-state index in [1.54, 1.807) is 30.0 Å². The number of carbonyl (C=O) groups excluding carboxylic acids is 1. The van der Waals surface area contributed by atoms with Crippen LogP contribution in [0.15, 0.2) is 46.2 Å². The van der Waals surface area contributed by atoms with Crippen LogP contribution in [-0.4, -0.2) is 62.3 Å². The lowest BCUT2D eigenvalue weighted by molar-refractivity contribution is -0.115. The van der Waals surface area contributed by atoms with Crippen LogP contribution in [0.4, 0.5) is 5.69 Å². The summed E-state index contributed by atoms with van der Waals surface area (Å²) in [6.07, 6.45) is 0.423. The van der Waals surface area contributed by atoms with Crippen LogP contribution < -0.4 is 14.8 Å². The van der Waals surface area contributed by atoms with E-state index in [1.807, 2.05) is 18.2 Å². The molecule has 31 heavy (non-hydrogen) atoms. The largest absolute Gasteiger partial charge is 0.454 e. The second-order valence-electron chi connectivity index (χ2n) is 7.67. The van der Waals surface area contributed by atoms with E-state index in [4.69, 9.17) is 9.47 Å². The summed E-state index contributed by atoms with van der Waals surface area (Å²) in [4.78, 5) is 15.2. The quantitative estimate of drug-likeness (QED) is 0.748. The van der Waals surface area contributed by atoms with E-state index in [1.165, 1.54) is 4.31 Å². The smallest absolute Gasteiger partial charge is 0.243 e. The fraction of sp³-hybridized carbons (Fsp3) is 0.381. The molecule has 0 unspecified atom stereocenters. The third-order valence-electron chi connectivity index (χ3n) is 5.62. The third-order valence-corrected chi connectivity index (χ3v) is 8.59. The summed E-state index contributed by atoms with van der Waals surface area (Å²) in [5, 5.41) is 2.82. The van der Waals surface area contributed by atoms with Crippen LogP contribution in [0.2, 0.25) is 0 Å². The van der Waals surface area contributed by atoms with Gasteiger partial charge in [-0.15, -0.1) is 11.8 Å². The van der Waals surface area contributed by atoms with Crippen LogP contribution in [0, 0.1) is 0 Å². The van der Waals surface area contributed by atoms with Gasteiger partial charge in [-0.05, 0) is 35.9 Å². The standard InChI is InChI=1S/C21H23N3O5S2/c25-21-5-10-30-20-4-2-16(12-17(20)22-21)31(26,27)24-8-6-23(7-9-24)13-15-1-3-18-19(11-15)29-14-28-18/h1-4,11-12H,5-10,13-14H2,(H,22,25). The molecular weight excluding hydrogens is 438 g/mol. The highest BCUT2D eigenvalue weighted by atomic mass is 32.2. The Kier molecular flexibility index (Phi) is 5.55. The van der Waals surface area contributed by atoms with Crippen LogP contribution in [0.3, 0.4) is 0 Å². The maximum atomic E-state index is 13.2. The zero-order valence-electron chi connectivity index (χ0n) is 16.9. The number of nitrogens with one attached hydrogen (secondary N) is 1. The third kappa shape index (κ3) is 4.25. The number of piperazine rings is 1. The number of sulfonamides is 1. The number of anilines is 1. The van der Waals surface area contributed by atoms with Gasteiger partial charge in [-0.2, -0.15) is 4.31 Å². The van der Waals surface area contributed by atoms with Gasteiger partial charge < -0.3 is 14.8 Å². The molecule has 0 spiro atoms. The number of carbonyl (C=O) groups is 1. The number of nitrogens with zero attached hydrogens (tertiary/aromatic N) is 2. The summed E-state index contributed by atoms with van der Waals surface area (Å²) in [5.41, 5.74) is 1.69. The molecule has 0 radical (unpaired) electrons. The van der Waals surface area contributed by atoms with E-state index in [2.05, 4.69) is 10.2 Å². The number of thioether (sulfide) groups is 1. The van der Waals surface area contributed by atoms with Crippen molar-refractivity contribution in [2.75, 3.05) is 44.0 Å². The van der Waals surface area contributed by atoms with E-state index in [9.17, 15) is 13.2 Å². The summed E-state index contributed by atoms with van der Waals surface area (Å²) in [7, 11) is -3.62. The lowest BCUT2D eigenvalue weighted by Crippen LogP contribution is -2.48. The molecule has 0 aromatic heterocycles. The summed E-state index contributed by atoms with van der Waals surface area (Å²) in [5.74, 6) is 2.12. The van der Waals surface area contributed by atoms with Crippen molar-refractivity contribution >= 4 is 33.4 Å². The SMILES string of the molecule is O=C1CCSc2ccc(S(=O)(=O)N3CCN(Cc4ccc5c(c4)OCO5)CC3)cc2N1. The molecule has 5 rings (SSSR count). The molecule has 3 heterocycles. The van der Waals surface area contributed by atoms with Gasteiger partial charge in [0.05, 0.1) is 10.6 Å². The molecule has 1 amide bonds. The Balaban J connectivity index is 1.25. The predicted molar refractivity (Wildman–Crippen MR) is 117 cm³/mol. The van der Waals surface area contributed by atoms with Gasteiger partial charge in [-0.3, -0.25) is 9.69 Å². The van der Waals surface area contributed by atoms with Crippen molar-refractivity contribution in [1.29, 1.82) is 0 Å². The number of ether oxygens (including phenoxy) is 2. The molecule has 1 saturated heterocycles. The summed E-state index contributed by atoms with van der Waals surface area (Å²) < 4.78 is 38.7. The van der Waals surface area contributed by atoms with E-state index >= 15 is 0 Å². The van der Waals surface area contributed by atoms with Crippen molar-refractivity contribution in [3.63, 3.8) is 0 Å². The molecule has 3 aliphatic rings. The first kappa shape index (κ1) is 20.6. The zero-order valence-corrected chi connectivity index (χ0v) is 18.5. The number of rotatable bonds is 4. The summed E-state index contributed by atoms with van der Waals surface area (Å²) in [6, 6.07) is 10.9. The van der Waals surface area contributed by atoms with Crippen molar-refractivity contribution in [2.24, 2.45) is 0 Å². The maximum Gasteiger partial charge on any atom is 0.243 e. The molecule has 8 nitrogen and oxygen atoms in total. The fourth-order valence-corrected chi connectivity index (χ4v) is 6.32. The molecular formula is C21H23N3O5S2. The van der Waals surface area contributed by atoms with Crippen LogP contribution in [0.25, 0.3) is 0 Å². The first-order valence-electron chi connectivity index (χ1n) is 10.2. The van der Waals surface area contributed by atoms with Gasteiger partial charge in [0.2, 0.25) is 22.7 Å². The Morgan fingerprint density at radius 2 is 1.81 bits per heavy atom. The van der Waals surface area contributed by atoms with Crippen LogP contribution in [0.1, 0.15) is 12.0 Å². The van der Waals surface area contributed by atoms with E-state index < -0.39 is 10.0 Å². The topological polar surface area (TPSA) is 88.2 Å². The molecule has 3 aliphatic heterocycles. The molecule has 0 bridgehead atoms. The second kappa shape index (κ2) is 8.34. The second-order valence-corrected chi connectivity index (χ2v) is 10.7. The van der Waals surface area contributed by atoms with Crippen LogP contribution in [0.5, 0.6) is 11.5 Å². The summed E-state index contributed by atoms with van der Waals surface area (Å²) in [6.45, 7) is 3.11. The van der Waals surface area contributed by atoms with Gasteiger partial charge in [-0.1, -0.05) is 6.07 Å². The first-order valence-corrected chi connectivity index (χ1v) is 12.6. The van der Waals surface area contributed by atoms with Gasteiger partial charge in [0, 0.05) is 49.8 Å². The minimum atomic E-state index is -3.62. The van der Waals surface area contributed by atoms with Gasteiger partial charge in [0.25, 0.3) is 0 Å². The lowest BCUT2D eigenvalue weighted by atomic mass is 10.2. The number of hydrogen-bond donors (Lipinski definition) is 1. The number of benzene rings is 2. The average Bonchev–Trinajstić information content (AvgIpc) is 3.14. The monoisotopic (exact) mass is 461 g/mol. The fourth-order valence-electron chi connectivity index (χ4n) is 3.93. The van der Waals surface area contributed by atoms with Gasteiger partial charge in [-0.25, -0.2) is 8.42 Å². The van der Waals surface area contributed by atoms with Crippen molar-refractivity contribution in [3.8, 4) is 11.5 Å². The normalized spacial score (nSPS) is 19.5. The van der Waals surface area contributed by atoms with Crippen LogP contribution >= 0.6 is 11.8 Å². The number of amides is 1. The molecule has 0 atom stereocenters. The van der Waals surface area contributed by atoms with Crippen molar-refractivity contribution < 1.29 is 22.7 Å². The molecule has 1 fully saturated rings. The highest BCUT2D eigenvalue weighted by Gasteiger charge is 2.29. The average molecular weight is 462 g/mol. The molecule has 164 valence electrons. The van der Waals surface area contributed by atoms with Crippen molar-refractivity contribution in [2.45, 2.75) is 22.8 Å². The van der Waals surface area contributed by atoms with E-state index in [-0.39, 0.29) is 17.6 Å². The first-order chi connectivity index (χ1) is 15.0. The Morgan fingerprint density at radius 1 is 1.00 bits per heavy atom. The van der Waals surface area contributed by atoms with Gasteiger partial charge >= 0.3 is 0 Å². The molecule has 0 aliphatic carbocycles. The lowest BCUT2D eigenvalue weighted by Gasteiger charge is -2.34. The highest BCUT2D eigenvalue weighted by Crippen LogP contribution is 2.34. The molecule has 0 saturated carbocycles. The Bertz CT molecular complexity index is 1110. The van der Waals surface area contributed by atoms with E-state index in [0.29, 0.717) is 44.0 Å². The Labute approximate surface area is 185 Å². The van der Waals surface area contributed by atoms with Crippen LogP contribution in [-0.2, 0) is 21.4 Å². The maximum absolute atomic E-state index is 13.2. The van der Waals surface area contributed by atoms with E-state index in [0.717, 1.165) is 28.5 Å². The minimum absolute atomic E-state index is 0.0853.